The predicted octanol–water partition coefficient (Wildman–Crippen LogP) is 4.45. The van der Waals surface area contributed by atoms with E-state index in [0.717, 1.165) is 16.1 Å². The van der Waals surface area contributed by atoms with Crippen LogP contribution in [-0.2, 0) is 32.6 Å². The molecule has 37 heavy (non-hydrogen) atoms. The van der Waals surface area contributed by atoms with Gasteiger partial charge in [-0.05, 0) is 41.8 Å². The van der Waals surface area contributed by atoms with Gasteiger partial charge in [-0.25, -0.2) is 8.42 Å². The van der Waals surface area contributed by atoms with Crippen molar-refractivity contribution in [2.75, 3.05) is 24.2 Å². The van der Waals surface area contributed by atoms with Crippen LogP contribution in [0.1, 0.15) is 16.7 Å². The van der Waals surface area contributed by atoms with E-state index in [0.29, 0.717) is 26.9 Å². The minimum absolute atomic E-state index is 0.0227. The number of sulfonamides is 1. The molecule has 0 saturated carbocycles. The third-order valence-electron chi connectivity index (χ3n) is 5.94. The molecule has 3 aromatic carbocycles. The number of benzene rings is 3. The first kappa shape index (κ1) is 28.5. The molecule has 0 bridgehead atoms. The van der Waals surface area contributed by atoms with Crippen molar-refractivity contribution in [3.05, 3.63) is 99.5 Å². The monoisotopic (exact) mass is 561 g/mol. The van der Waals surface area contributed by atoms with Gasteiger partial charge < -0.3 is 10.2 Å². The predicted molar refractivity (Wildman–Crippen MR) is 148 cm³/mol. The first-order valence-corrected chi connectivity index (χ1v) is 14.1. The van der Waals surface area contributed by atoms with Crippen LogP contribution in [0.5, 0.6) is 0 Å². The summed E-state index contributed by atoms with van der Waals surface area (Å²) in [5.74, 6) is -0.937. The van der Waals surface area contributed by atoms with E-state index in [-0.39, 0.29) is 18.9 Å². The molecule has 0 fully saturated rings. The highest BCUT2D eigenvalue weighted by atomic mass is 35.5. The Bertz CT molecular complexity index is 1370. The van der Waals surface area contributed by atoms with Crippen LogP contribution in [0.4, 0.5) is 5.69 Å². The number of anilines is 1. The highest BCUT2D eigenvalue weighted by Gasteiger charge is 2.33. The van der Waals surface area contributed by atoms with Crippen molar-refractivity contribution < 1.29 is 18.0 Å². The number of rotatable bonds is 10. The van der Waals surface area contributed by atoms with Gasteiger partial charge in [0.2, 0.25) is 21.8 Å². The lowest BCUT2D eigenvalue weighted by Crippen LogP contribution is -2.53. The quantitative estimate of drug-likeness (QED) is 0.396. The van der Waals surface area contributed by atoms with Gasteiger partial charge in [0.25, 0.3) is 0 Å². The number of hydrogen-bond donors (Lipinski definition) is 1. The molecule has 196 valence electrons. The number of carbonyl (C=O) groups is 2. The standard InChI is InChI=1S/C27H29Cl2N3O4S/c1-19-9-7-8-12-24(19)32(37(3,35)36)18-26(33)31(17-21-13-14-22(28)16-23(21)29)25(27(34)30-2)15-20-10-5-4-6-11-20/h4-14,16,25H,15,17-18H2,1-3H3,(H,30,34)/t25-/m1/s1. The molecule has 1 N–H and O–H groups in total. The van der Waals surface area contributed by atoms with Crippen LogP contribution in [0.3, 0.4) is 0 Å². The zero-order valence-electron chi connectivity index (χ0n) is 20.8. The molecular formula is C27H29Cl2N3O4S. The lowest BCUT2D eigenvalue weighted by atomic mass is 10.0. The van der Waals surface area contributed by atoms with Gasteiger partial charge in [-0.3, -0.25) is 13.9 Å². The zero-order valence-corrected chi connectivity index (χ0v) is 23.1. The minimum atomic E-state index is -3.82. The van der Waals surface area contributed by atoms with Gasteiger partial charge in [-0.1, -0.05) is 77.8 Å². The van der Waals surface area contributed by atoms with Crippen LogP contribution in [0, 0.1) is 6.92 Å². The van der Waals surface area contributed by atoms with Gasteiger partial charge in [0.1, 0.15) is 12.6 Å². The first-order chi connectivity index (χ1) is 17.5. The second kappa shape index (κ2) is 12.4. The Morgan fingerprint density at radius 3 is 2.22 bits per heavy atom. The fourth-order valence-corrected chi connectivity index (χ4v) is 5.37. The topological polar surface area (TPSA) is 86.8 Å². The highest BCUT2D eigenvalue weighted by molar-refractivity contribution is 7.92. The normalized spacial score (nSPS) is 12.0. The molecule has 0 radical (unpaired) electrons. The summed E-state index contributed by atoms with van der Waals surface area (Å²) >= 11 is 12.5. The van der Waals surface area contributed by atoms with Gasteiger partial charge in [-0.15, -0.1) is 0 Å². The van der Waals surface area contributed by atoms with Crippen LogP contribution < -0.4 is 9.62 Å². The maximum absolute atomic E-state index is 13.9. The maximum atomic E-state index is 13.9. The van der Waals surface area contributed by atoms with Crippen molar-refractivity contribution in [2.24, 2.45) is 0 Å². The van der Waals surface area contributed by atoms with Gasteiger partial charge in [0.05, 0.1) is 11.9 Å². The number of para-hydroxylation sites is 1. The number of hydrogen-bond acceptors (Lipinski definition) is 4. The SMILES string of the molecule is CNC(=O)[C@@H](Cc1ccccc1)N(Cc1ccc(Cl)cc1Cl)C(=O)CN(c1ccccc1C)S(C)(=O)=O. The van der Waals surface area contributed by atoms with Crippen LogP contribution in [0.2, 0.25) is 10.0 Å². The third kappa shape index (κ3) is 7.47. The Balaban J connectivity index is 2.06. The van der Waals surface area contributed by atoms with Crippen LogP contribution in [0.25, 0.3) is 0 Å². The highest BCUT2D eigenvalue weighted by Crippen LogP contribution is 2.26. The summed E-state index contributed by atoms with van der Waals surface area (Å²) in [5, 5.41) is 3.40. The Hall–Kier alpha value is -3.07. The lowest BCUT2D eigenvalue weighted by Gasteiger charge is -2.33. The van der Waals surface area contributed by atoms with Crippen molar-refractivity contribution in [1.29, 1.82) is 0 Å². The molecule has 0 aliphatic heterocycles. The van der Waals surface area contributed by atoms with E-state index in [1.165, 1.54) is 11.9 Å². The van der Waals surface area contributed by atoms with Gasteiger partial charge in [0, 0.05) is 30.1 Å². The average molecular weight is 563 g/mol. The van der Waals surface area contributed by atoms with Gasteiger partial charge in [-0.2, -0.15) is 0 Å². The second-order valence-corrected chi connectivity index (χ2v) is 11.4. The average Bonchev–Trinajstić information content (AvgIpc) is 2.85. The number of carbonyl (C=O) groups excluding carboxylic acids is 2. The van der Waals surface area contributed by atoms with E-state index in [4.69, 9.17) is 23.2 Å². The molecule has 0 spiro atoms. The Morgan fingerprint density at radius 1 is 0.973 bits per heavy atom. The molecule has 2 amide bonds. The van der Waals surface area contributed by atoms with E-state index in [1.807, 2.05) is 30.3 Å². The van der Waals surface area contributed by atoms with Gasteiger partial charge in [0.15, 0.2) is 0 Å². The fourth-order valence-electron chi connectivity index (χ4n) is 3.99. The summed E-state index contributed by atoms with van der Waals surface area (Å²) in [7, 11) is -2.33. The zero-order chi connectivity index (χ0) is 27.2. The minimum Gasteiger partial charge on any atom is -0.357 e. The summed E-state index contributed by atoms with van der Waals surface area (Å²) in [6, 6.07) is 20.2. The maximum Gasteiger partial charge on any atom is 0.244 e. The van der Waals surface area contributed by atoms with Crippen LogP contribution >= 0.6 is 23.2 Å². The molecule has 0 aliphatic carbocycles. The van der Waals surface area contributed by atoms with Crippen molar-refractivity contribution >= 4 is 50.7 Å². The van der Waals surface area contributed by atoms with E-state index in [9.17, 15) is 18.0 Å². The molecule has 3 aromatic rings. The number of halogens is 2. The van der Waals surface area contributed by atoms with Crippen molar-refractivity contribution in [1.82, 2.24) is 10.2 Å². The third-order valence-corrected chi connectivity index (χ3v) is 7.65. The van der Waals surface area contributed by atoms with E-state index in [2.05, 4.69) is 5.32 Å². The summed E-state index contributed by atoms with van der Waals surface area (Å²) in [5.41, 5.74) is 2.50. The molecule has 10 heteroatoms. The summed E-state index contributed by atoms with van der Waals surface area (Å²) in [6.07, 6.45) is 1.27. The Kier molecular flexibility index (Phi) is 9.59. The molecular weight excluding hydrogens is 533 g/mol. The number of nitrogens with zero attached hydrogens (tertiary/aromatic N) is 2. The number of aryl methyl sites for hydroxylation is 1. The molecule has 3 rings (SSSR count). The summed E-state index contributed by atoms with van der Waals surface area (Å²) < 4.78 is 26.6. The number of nitrogens with one attached hydrogen (secondary N) is 1. The molecule has 0 saturated heterocycles. The first-order valence-electron chi connectivity index (χ1n) is 11.5. The van der Waals surface area contributed by atoms with E-state index >= 15 is 0 Å². The molecule has 7 nitrogen and oxygen atoms in total. The smallest absolute Gasteiger partial charge is 0.244 e. The van der Waals surface area contributed by atoms with E-state index < -0.39 is 28.5 Å². The lowest BCUT2D eigenvalue weighted by molar-refractivity contribution is -0.139. The van der Waals surface area contributed by atoms with Crippen molar-refractivity contribution in [3.63, 3.8) is 0 Å². The van der Waals surface area contributed by atoms with Crippen molar-refractivity contribution in [2.45, 2.75) is 25.9 Å². The summed E-state index contributed by atoms with van der Waals surface area (Å²) in [6.45, 7) is 1.26. The van der Waals surface area contributed by atoms with Crippen LogP contribution in [0.15, 0.2) is 72.8 Å². The number of likely N-dealkylation sites (N-methyl/N-ethyl adjacent to an activating group) is 1. The van der Waals surface area contributed by atoms with Crippen LogP contribution in [-0.4, -0.2) is 51.0 Å². The second-order valence-electron chi connectivity index (χ2n) is 8.63. The Labute approximate surface area is 228 Å². The molecule has 0 aliphatic rings. The van der Waals surface area contributed by atoms with E-state index in [1.54, 1.807) is 49.4 Å². The Morgan fingerprint density at radius 2 is 1.62 bits per heavy atom. The summed E-state index contributed by atoms with van der Waals surface area (Å²) in [4.78, 5) is 28.4. The molecule has 0 unspecified atom stereocenters. The molecule has 1 atom stereocenters. The van der Waals surface area contributed by atoms with Crippen molar-refractivity contribution in [3.8, 4) is 0 Å². The number of amides is 2. The molecule has 0 aromatic heterocycles. The largest absolute Gasteiger partial charge is 0.357 e. The fraction of sp³-hybridized carbons (Fsp3) is 0.259. The van der Waals surface area contributed by atoms with Gasteiger partial charge >= 0.3 is 0 Å². The molecule has 0 heterocycles.